The van der Waals surface area contributed by atoms with Crippen molar-refractivity contribution in [1.82, 2.24) is 20.2 Å². The van der Waals surface area contributed by atoms with Crippen molar-refractivity contribution >= 4 is 17.3 Å². The number of aliphatic hydroxyl groups excluding tert-OH is 2. The number of aliphatic hydroxyl groups is 2. The van der Waals surface area contributed by atoms with Gasteiger partial charge in [-0.2, -0.15) is 5.26 Å². The van der Waals surface area contributed by atoms with E-state index in [2.05, 4.69) is 26.7 Å². The van der Waals surface area contributed by atoms with E-state index in [0.29, 0.717) is 24.6 Å². The Morgan fingerprint density at radius 3 is 2.87 bits per heavy atom. The topological polar surface area (TPSA) is 117 Å². The Morgan fingerprint density at radius 2 is 2.13 bits per heavy atom. The molecule has 4 N–H and O–H groups in total. The normalized spacial score (nSPS) is 20.5. The number of rotatable bonds is 6. The molecule has 8 nitrogen and oxygen atoms in total. The fraction of sp³-hybridized carbons (Fsp3) is 0.318. The quantitative estimate of drug-likeness (QED) is 0.465. The minimum Gasteiger partial charge on any atom is -0.377 e. The van der Waals surface area contributed by atoms with Crippen LogP contribution in [-0.2, 0) is 0 Å². The van der Waals surface area contributed by atoms with E-state index in [4.69, 9.17) is 0 Å². The Bertz CT molecular complexity index is 1110. The molecule has 4 rings (SSSR count). The molecule has 9 heteroatoms. The first-order chi connectivity index (χ1) is 14.9. The highest BCUT2D eigenvalue weighted by molar-refractivity contribution is 7.14. The first-order valence-electron chi connectivity index (χ1n) is 9.94. The molecule has 0 saturated carbocycles. The molecule has 2 aromatic heterocycles. The minimum atomic E-state index is -0.906. The van der Waals surface area contributed by atoms with Gasteiger partial charge in [0.15, 0.2) is 6.35 Å². The van der Waals surface area contributed by atoms with Crippen molar-refractivity contribution in [3.63, 3.8) is 0 Å². The Balaban J connectivity index is 1.49. The second kappa shape index (κ2) is 8.70. The monoisotopic (exact) mass is 436 g/mol. The third-order valence-electron chi connectivity index (χ3n) is 5.50. The Morgan fingerprint density at radius 1 is 1.29 bits per heavy atom. The van der Waals surface area contributed by atoms with Crippen LogP contribution in [0.1, 0.15) is 19.4 Å². The summed E-state index contributed by atoms with van der Waals surface area (Å²) in [6.45, 7) is 4.74. The molecular formula is C22H24N6O2S. The SMILES string of the molecule is CC1(C)C(O)NC(O)N1CCNc1nccc(-c2sccc2-c2cccc(C#N)c2)n1. The summed E-state index contributed by atoms with van der Waals surface area (Å²) >= 11 is 1.59. The van der Waals surface area contributed by atoms with Crippen LogP contribution in [0.15, 0.2) is 48.0 Å². The van der Waals surface area contributed by atoms with Crippen LogP contribution in [0.5, 0.6) is 0 Å². The Hall–Kier alpha value is -2.87. The molecule has 0 spiro atoms. The summed E-state index contributed by atoms with van der Waals surface area (Å²) in [5.74, 6) is 0.489. The van der Waals surface area contributed by atoms with Crippen LogP contribution in [0.2, 0.25) is 0 Å². The van der Waals surface area contributed by atoms with Gasteiger partial charge in [0.1, 0.15) is 6.23 Å². The summed E-state index contributed by atoms with van der Waals surface area (Å²) in [6, 6.07) is 13.6. The fourth-order valence-electron chi connectivity index (χ4n) is 3.67. The summed E-state index contributed by atoms with van der Waals surface area (Å²) in [5, 5.41) is 37.3. The van der Waals surface area contributed by atoms with Gasteiger partial charge < -0.3 is 15.5 Å². The maximum Gasteiger partial charge on any atom is 0.223 e. The lowest BCUT2D eigenvalue weighted by atomic mass is 10.0. The number of aromatic nitrogens is 2. The maximum absolute atomic E-state index is 10.1. The Labute approximate surface area is 184 Å². The largest absolute Gasteiger partial charge is 0.377 e. The number of anilines is 1. The molecule has 1 fully saturated rings. The summed E-state index contributed by atoms with van der Waals surface area (Å²) < 4.78 is 0. The predicted octanol–water partition coefficient (Wildman–Crippen LogP) is 2.43. The number of nitrogens with one attached hydrogen (secondary N) is 2. The molecule has 1 aromatic carbocycles. The van der Waals surface area contributed by atoms with Gasteiger partial charge in [0.2, 0.25) is 5.95 Å². The lowest BCUT2D eigenvalue weighted by Gasteiger charge is -2.33. The van der Waals surface area contributed by atoms with Crippen LogP contribution in [0, 0.1) is 11.3 Å². The summed E-state index contributed by atoms with van der Waals surface area (Å²) in [7, 11) is 0. The lowest BCUT2D eigenvalue weighted by molar-refractivity contribution is -0.0191. The summed E-state index contributed by atoms with van der Waals surface area (Å²) in [4.78, 5) is 11.8. The van der Waals surface area contributed by atoms with E-state index in [1.54, 1.807) is 28.5 Å². The highest BCUT2D eigenvalue weighted by Crippen LogP contribution is 2.36. The molecule has 160 valence electrons. The smallest absolute Gasteiger partial charge is 0.223 e. The molecule has 1 aliphatic rings. The van der Waals surface area contributed by atoms with Crippen LogP contribution < -0.4 is 10.6 Å². The molecule has 0 bridgehead atoms. The zero-order valence-electron chi connectivity index (χ0n) is 17.3. The molecule has 1 aliphatic heterocycles. The van der Waals surface area contributed by atoms with E-state index in [1.165, 1.54) is 0 Å². The molecule has 0 aliphatic carbocycles. The molecule has 2 atom stereocenters. The molecular weight excluding hydrogens is 412 g/mol. The maximum atomic E-state index is 10.1. The highest BCUT2D eigenvalue weighted by Gasteiger charge is 2.45. The minimum absolute atomic E-state index is 0.489. The van der Waals surface area contributed by atoms with Gasteiger partial charge in [0.05, 0.1) is 27.7 Å². The van der Waals surface area contributed by atoms with E-state index in [1.807, 2.05) is 49.6 Å². The van der Waals surface area contributed by atoms with E-state index >= 15 is 0 Å². The van der Waals surface area contributed by atoms with Gasteiger partial charge >= 0.3 is 0 Å². The predicted molar refractivity (Wildman–Crippen MR) is 120 cm³/mol. The van der Waals surface area contributed by atoms with Gasteiger partial charge in [-0.05, 0) is 49.1 Å². The fourth-order valence-corrected chi connectivity index (χ4v) is 4.55. The number of thiophene rings is 1. The van der Waals surface area contributed by atoms with E-state index < -0.39 is 18.1 Å². The average Bonchev–Trinajstić information content (AvgIpc) is 3.33. The zero-order chi connectivity index (χ0) is 22.0. The van der Waals surface area contributed by atoms with Crippen molar-refractivity contribution in [2.24, 2.45) is 0 Å². The molecule has 31 heavy (non-hydrogen) atoms. The van der Waals surface area contributed by atoms with Crippen molar-refractivity contribution in [2.45, 2.75) is 32.0 Å². The third kappa shape index (κ3) is 4.30. The van der Waals surface area contributed by atoms with Crippen molar-refractivity contribution in [2.75, 3.05) is 18.4 Å². The van der Waals surface area contributed by atoms with E-state index in [9.17, 15) is 15.5 Å². The summed E-state index contributed by atoms with van der Waals surface area (Å²) in [5.41, 5.74) is 2.82. The second-order valence-electron chi connectivity index (χ2n) is 7.84. The standard InChI is InChI=1S/C22H24N6O2S/c1-22(2)19(29)27-21(30)28(22)10-9-25-20-24-8-6-17(26-20)18-16(7-11-31-18)15-5-3-4-14(12-15)13-23/h3-8,11-12,19,21,27,29-30H,9-10H2,1-2H3,(H,24,25,26). The number of benzene rings is 1. The molecule has 0 radical (unpaired) electrons. The van der Waals surface area contributed by atoms with Crippen LogP contribution in [0.25, 0.3) is 21.7 Å². The second-order valence-corrected chi connectivity index (χ2v) is 8.75. The van der Waals surface area contributed by atoms with Gasteiger partial charge in [0.25, 0.3) is 0 Å². The number of nitrogens with zero attached hydrogens (tertiary/aromatic N) is 4. The van der Waals surface area contributed by atoms with Gasteiger partial charge in [0, 0.05) is 24.8 Å². The zero-order valence-corrected chi connectivity index (χ0v) is 18.1. The van der Waals surface area contributed by atoms with Crippen molar-refractivity contribution in [1.29, 1.82) is 5.26 Å². The summed E-state index contributed by atoms with van der Waals surface area (Å²) in [6.07, 6.45) is -0.00410. The number of hydrogen-bond acceptors (Lipinski definition) is 9. The van der Waals surface area contributed by atoms with Crippen molar-refractivity contribution < 1.29 is 10.2 Å². The molecule has 1 saturated heterocycles. The Kier molecular flexibility index (Phi) is 6.00. The van der Waals surface area contributed by atoms with Gasteiger partial charge in [-0.25, -0.2) is 9.97 Å². The highest BCUT2D eigenvalue weighted by atomic mass is 32.1. The first kappa shape index (κ1) is 21.4. The van der Waals surface area contributed by atoms with E-state index in [-0.39, 0.29) is 0 Å². The molecule has 2 unspecified atom stereocenters. The van der Waals surface area contributed by atoms with Crippen LogP contribution >= 0.6 is 11.3 Å². The van der Waals surface area contributed by atoms with Crippen molar-refractivity contribution in [3.8, 4) is 27.8 Å². The van der Waals surface area contributed by atoms with E-state index in [0.717, 1.165) is 21.7 Å². The van der Waals surface area contributed by atoms with Crippen molar-refractivity contribution in [3.05, 3.63) is 53.5 Å². The lowest BCUT2D eigenvalue weighted by Crippen LogP contribution is -2.49. The molecule has 3 heterocycles. The molecule has 0 amide bonds. The average molecular weight is 437 g/mol. The number of nitriles is 1. The number of hydrogen-bond donors (Lipinski definition) is 4. The van der Waals surface area contributed by atoms with Gasteiger partial charge in [-0.15, -0.1) is 11.3 Å². The van der Waals surface area contributed by atoms with Crippen LogP contribution in [-0.4, -0.2) is 56.3 Å². The third-order valence-corrected chi connectivity index (χ3v) is 6.44. The molecule has 3 aromatic rings. The van der Waals surface area contributed by atoms with Gasteiger partial charge in [-0.1, -0.05) is 12.1 Å². The van der Waals surface area contributed by atoms with Crippen LogP contribution in [0.4, 0.5) is 5.95 Å². The van der Waals surface area contributed by atoms with Crippen LogP contribution in [0.3, 0.4) is 0 Å². The van der Waals surface area contributed by atoms with Gasteiger partial charge in [-0.3, -0.25) is 10.2 Å². The first-order valence-corrected chi connectivity index (χ1v) is 10.8.